The van der Waals surface area contributed by atoms with Gasteiger partial charge < -0.3 is 20.3 Å². The summed E-state index contributed by atoms with van der Waals surface area (Å²) in [6.45, 7) is 0.626. The molecule has 3 heterocycles. The van der Waals surface area contributed by atoms with Gasteiger partial charge >= 0.3 is 5.97 Å². The molecule has 0 aliphatic carbocycles. The van der Waals surface area contributed by atoms with Gasteiger partial charge in [-0.15, -0.1) is 0 Å². The van der Waals surface area contributed by atoms with Crippen LogP contribution in [0.4, 0.5) is 0 Å². The molecule has 4 rings (SSSR count). The van der Waals surface area contributed by atoms with Crippen molar-refractivity contribution in [3.05, 3.63) is 35.9 Å². The van der Waals surface area contributed by atoms with E-state index in [1.165, 1.54) is 0 Å². The SMILES string of the molecule is NC(Cc1ccccc1)C(=O)NNCC1C(CCCCCCC(=O)O)C2OC1C1OC21. The van der Waals surface area contributed by atoms with Gasteiger partial charge in [0.2, 0.25) is 0 Å². The number of fused-ring (bicyclic) bond motifs is 5. The molecule has 2 bridgehead atoms. The fourth-order valence-electron chi connectivity index (χ4n) is 5.14. The van der Waals surface area contributed by atoms with Crippen molar-refractivity contribution >= 4 is 11.9 Å². The molecule has 0 spiro atoms. The Kier molecular flexibility index (Phi) is 7.22. The third-order valence-corrected chi connectivity index (χ3v) is 6.78. The molecule has 0 saturated carbocycles. The van der Waals surface area contributed by atoms with E-state index in [1.54, 1.807) is 0 Å². The van der Waals surface area contributed by atoms with Crippen LogP contribution in [0.3, 0.4) is 0 Å². The number of epoxide rings is 1. The molecule has 0 aromatic heterocycles. The number of nitrogens with one attached hydrogen (secondary N) is 2. The fraction of sp³-hybridized carbons (Fsp3) is 0.652. The quantitative estimate of drug-likeness (QED) is 0.211. The number of ether oxygens (including phenoxy) is 2. The van der Waals surface area contributed by atoms with Crippen LogP contribution in [-0.4, -0.2) is 54.0 Å². The molecule has 7 atom stereocenters. The predicted molar refractivity (Wildman–Crippen MR) is 114 cm³/mol. The summed E-state index contributed by atoms with van der Waals surface area (Å²) in [5.41, 5.74) is 12.9. The number of carboxylic acids is 1. The Bertz CT molecular complexity index is 761. The number of carbonyl (C=O) groups is 2. The average Bonchev–Trinajstić information content (AvgIpc) is 3.38. The number of unbranched alkanes of at least 4 members (excludes halogenated alkanes) is 3. The molecule has 0 radical (unpaired) electrons. The van der Waals surface area contributed by atoms with Crippen LogP contribution in [0.15, 0.2) is 30.3 Å². The van der Waals surface area contributed by atoms with Crippen molar-refractivity contribution in [3.63, 3.8) is 0 Å². The van der Waals surface area contributed by atoms with E-state index in [4.69, 9.17) is 20.3 Å². The summed E-state index contributed by atoms with van der Waals surface area (Å²) in [6.07, 6.45) is 6.22. The Morgan fingerprint density at radius 2 is 1.65 bits per heavy atom. The lowest BCUT2D eigenvalue weighted by molar-refractivity contribution is -0.137. The topological polar surface area (TPSA) is 126 Å². The standard InChI is InChI=1S/C23H33N3O5/c24-17(12-14-8-4-3-5-9-14)23(29)26-25-13-16-15(10-6-1-2-7-11-18(27)28)19-21-22(31-21)20(16)30-19/h3-5,8-9,15-17,19-22,25H,1-2,6-7,10-13,24H2,(H,26,29)(H,27,28). The number of nitrogens with two attached hydrogens (primary N) is 1. The maximum atomic E-state index is 12.4. The van der Waals surface area contributed by atoms with Crippen molar-refractivity contribution in [2.75, 3.05) is 6.54 Å². The zero-order valence-corrected chi connectivity index (χ0v) is 17.7. The summed E-state index contributed by atoms with van der Waals surface area (Å²) in [5.74, 6) is -0.257. The van der Waals surface area contributed by atoms with Crippen LogP contribution < -0.4 is 16.6 Å². The highest BCUT2D eigenvalue weighted by Gasteiger charge is 2.68. The zero-order valence-electron chi connectivity index (χ0n) is 17.7. The maximum absolute atomic E-state index is 12.4. The number of amides is 1. The van der Waals surface area contributed by atoms with Crippen molar-refractivity contribution in [1.82, 2.24) is 10.9 Å². The van der Waals surface area contributed by atoms with Crippen molar-refractivity contribution in [1.29, 1.82) is 0 Å². The molecule has 31 heavy (non-hydrogen) atoms. The van der Waals surface area contributed by atoms with Crippen molar-refractivity contribution in [2.24, 2.45) is 17.6 Å². The van der Waals surface area contributed by atoms with E-state index in [-0.39, 0.29) is 36.7 Å². The number of hydrogen-bond acceptors (Lipinski definition) is 6. The van der Waals surface area contributed by atoms with E-state index in [1.807, 2.05) is 30.3 Å². The molecule has 3 saturated heterocycles. The summed E-state index contributed by atoms with van der Waals surface area (Å²) in [4.78, 5) is 23.0. The van der Waals surface area contributed by atoms with Gasteiger partial charge in [-0.1, -0.05) is 49.6 Å². The van der Waals surface area contributed by atoms with Gasteiger partial charge in [0.05, 0.1) is 18.2 Å². The van der Waals surface area contributed by atoms with E-state index in [0.29, 0.717) is 24.8 Å². The molecule has 1 amide bonds. The van der Waals surface area contributed by atoms with Crippen LogP contribution in [0.1, 0.15) is 44.1 Å². The van der Waals surface area contributed by atoms with Crippen LogP contribution in [0.5, 0.6) is 0 Å². The van der Waals surface area contributed by atoms with Crippen molar-refractivity contribution < 1.29 is 24.2 Å². The first kappa shape index (κ1) is 22.2. The summed E-state index contributed by atoms with van der Waals surface area (Å²) >= 11 is 0. The van der Waals surface area contributed by atoms with Gasteiger partial charge in [-0.25, -0.2) is 5.43 Å². The second-order valence-electron chi connectivity index (χ2n) is 8.97. The van der Waals surface area contributed by atoms with Crippen molar-refractivity contribution in [2.45, 2.75) is 75.4 Å². The second kappa shape index (κ2) is 10.1. The van der Waals surface area contributed by atoms with Crippen molar-refractivity contribution in [3.8, 4) is 0 Å². The molecule has 170 valence electrons. The van der Waals surface area contributed by atoms with Gasteiger partial charge in [0.25, 0.3) is 5.91 Å². The normalized spacial score (nSPS) is 31.3. The van der Waals surface area contributed by atoms with Gasteiger partial charge in [0.1, 0.15) is 12.2 Å². The Labute approximate surface area is 182 Å². The number of carboxylic acid groups (broad SMARTS) is 1. The minimum Gasteiger partial charge on any atom is -0.481 e. The van der Waals surface area contributed by atoms with Gasteiger partial charge in [-0.2, -0.15) is 0 Å². The van der Waals surface area contributed by atoms with Gasteiger partial charge in [-0.05, 0) is 30.7 Å². The van der Waals surface area contributed by atoms with Crippen LogP contribution in [0.25, 0.3) is 0 Å². The van der Waals surface area contributed by atoms with E-state index in [2.05, 4.69) is 10.9 Å². The highest BCUT2D eigenvalue weighted by atomic mass is 16.7. The third-order valence-electron chi connectivity index (χ3n) is 6.78. The largest absolute Gasteiger partial charge is 0.481 e. The summed E-state index contributed by atoms with van der Waals surface area (Å²) in [6, 6.07) is 9.13. The first-order chi connectivity index (χ1) is 15.0. The second-order valence-corrected chi connectivity index (χ2v) is 8.97. The average molecular weight is 432 g/mol. The number of hydrogen-bond donors (Lipinski definition) is 4. The van der Waals surface area contributed by atoms with E-state index >= 15 is 0 Å². The molecular weight excluding hydrogens is 398 g/mol. The van der Waals surface area contributed by atoms with E-state index in [9.17, 15) is 9.59 Å². The van der Waals surface area contributed by atoms with Crippen LogP contribution >= 0.6 is 0 Å². The van der Waals surface area contributed by atoms with Gasteiger partial charge in [0.15, 0.2) is 0 Å². The molecule has 7 unspecified atom stereocenters. The summed E-state index contributed by atoms with van der Waals surface area (Å²) < 4.78 is 12.0. The lowest BCUT2D eigenvalue weighted by Crippen LogP contribution is -2.51. The molecule has 1 aromatic carbocycles. The highest BCUT2D eigenvalue weighted by Crippen LogP contribution is 2.54. The molecule has 1 aromatic rings. The number of aliphatic carboxylic acids is 1. The molecule has 5 N–H and O–H groups in total. The van der Waals surface area contributed by atoms with Crippen LogP contribution in [0, 0.1) is 11.8 Å². The summed E-state index contributed by atoms with van der Waals surface area (Å²) in [7, 11) is 0. The van der Waals surface area contributed by atoms with Crippen LogP contribution in [-0.2, 0) is 25.5 Å². The van der Waals surface area contributed by atoms with Gasteiger partial charge in [0, 0.05) is 18.9 Å². The smallest absolute Gasteiger partial charge is 0.303 e. The minimum atomic E-state index is -0.727. The predicted octanol–water partition coefficient (Wildman–Crippen LogP) is 1.38. The fourth-order valence-corrected chi connectivity index (χ4v) is 5.14. The third kappa shape index (κ3) is 5.44. The number of rotatable bonds is 13. The van der Waals surface area contributed by atoms with E-state index < -0.39 is 12.0 Å². The summed E-state index contributed by atoms with van der Waals surface area (Å²) in [5, 5.41) is 8.74. The molecule has 3 fully saturated rings. The number of hydrazine groups is 1. The highest BCUT2D eigenvalue weighted by molar-refractivity contribution is 5.81. The Morgan fingerprint density at radius 1 is 0.968 bits per heavy atom. The van der Waals surface area contributed by atoms with Gasteiger partial charge in [-0.3, -0.25) is 15.0 Å². The molecule has 8 nitrogen and oxygen atoms in total. The first-order valence-corrected chi connectivity index (χ1v) is 11.4. The maximum Gasteiger partial charge on any atom is 0.303 e. The zero-order chi connectivity index (χ0) is 21.8. The number of carbonyl (C=O) groups excluding carboxylic acids is 1. The molecule has 8 heteroatoms. The Hall–Kier alpha value is -2.00. The molecule has 3 aliphatic rings. The Balaban J connectivity index is 1.19. The lowest BCUT2D eigenvalue weighted by atomic mass is 9.76. The monoisotopic (exact) mass is 431 g/mol. The first-order valence-electron chi connectivity index (χ1n) is 11.4. The lowest BCUT2D eigenvalue weighted by Gasteiger charge is -2.26. The molecular formula is C23H33N3O5. The van der Waals surface area contributed by atoms with E-state index in [0.717, 1.165) is 37.7 Å². The van der Waals surface area contributed by atoms with Crippen LogP contribution in [0.2, 0.25) is 0 Å². The Morgan fingerprint density at radius 3 is 2.39 bits per heavy atom. The minimum absolute atomic E-state index is 0.0920. The molecule has 3 aliphatic heterocycles. The number of benzene rings is 1.